The largest absolute Gasteiger partial charge is 0.350 e. The molecular formula is C11H12Cl2N2O. The summed E-state index contributed by atoms with van der Waals surface area (Å²) < 4.78 is -0.915. The molecule has 1 heterocycles. The minimum Gasteiger partial charge on any atom is -0.350 e. The summed E-state index contributed by atoms with van der Waals surface area (Å²) in [5.74, 6) is -0.122. The standard InChI is InChI=1S/C11H12Cl2N2O/c1-10(7-11(10,12)13)9(16)15-6-8-4-2-3-5-14-8/h2-5H,6-7H2,1H3,(H,15,16)/t10-/m1/s1. The molecule has 1 atom stereocenters. The second kappa shape index (κ2) is 3.90. The van der Waals surface area contributed by atoms with E-state index in [1.807, 2.05) is 18.2 Å². The Hall–Kier alpha value is -0.800. The zero-order valence-corrected chi connectivity index (χ0v) is 10.3. The van der Waals surface area contributed by atoms with E-state index in [-0.39, 0.29) is 5.91 Å². The van der Waals surface area contributed by atoms with E-state index in [4.69, 9.17) is 23.2 Å². The summed E-state index contributed by atoms with van der Waals surface area (Å²) in [6.07, 6.45) is 2.19. The third kappa shape index (κ3) is 2.02. The maximum atomic E-state index is 11.8. The van der Waals surface area contributed by atoms with Crippen molar-refractivity contribution in [2.24, 2.45) is 5.41 Å². The second-order valence-corrected chi connectivity index (χ2v) is 5.70. The molecule has 1 aliphatic carbocycles. The third-order valence-corrected chi connectivity index (χ3v) is 4.02. The minimum atomic E-state index is -0.915. The number of rotatable bonds is 3. The van der Waals surface area contributed by atoms with Gasteiger partial charge < -0.3 is 5.32 Å². The van der Waals surface area contributed by atoms with Gasteiger partial charge in [0.25, 0.3) is 0 Å². The van der Waals surface area contributed by atoms with Gasteiger partial charge in [-0.1, -0.05) is 6.07 Å². The first-order valence-electron chi connectivity index (χ1n) is 5.02. The van der Waals surface area contributed by atoms with E-state index >= 15 is 0 Å². The van der Waals surface area contributed by atoms with E-state index < -0.39 is 9.75 Å². The lowest BCUT2D eigenvalue weighted by molar-refractivity contribution is -0.125. The van der Waals surface area contributed by atoms with Crippen molar-refractivity contribution in [1.82, 2.24) is 10.3 Å². The van der Waals surface area contributed by atoms with Crippen LogP contribution in [0.1, 0.15) is 19.0 Å². The van der Waals surface area contributed by atoms with Gasteiger partial charge in [0.05, 0.1) is 17.7 Å². The third-order valence-electron chi connectivity index (χ3n) is 2.92. The average molecular weight is 259 g/mol. The molecule has 0 saturated heterocycles. The highest BCUT2D eigenvalue weighted by Crippen LogP contribution is 2.63. The van der Waals surface area contributed by atoms with Crippen LogP contribution in [0.25, 0.3) is 0 Å². The monoisotopic (exact) mass is 258 g/mol. The van der Waals surface area contributed by atoms with Crippen LogP contribution in [0, 0.1) is 5.41 Å². The number of hydrogen-bond donors (Lipinski definition) is 1. The van der Waals surface area contributed by atoms with Crippen molar-refractivity contribution in [2.45, 2.75) is 24.2 Å². The summed E-state index contributed by atoms with van der Waals surface area (Å²) in [5, 5.41) is 2.79. The fourth-order valence-corrected chi connectivity index (χ4v) is 2.22. The van der Waals surface area contributed by atoms with Crippen molar-refractivity contribution in [3.63, 3.8) is 0 Å². The van der Waals surface area contributed by atoms with Gasteiger partial charge in [-0.25, -0.2) is 0 Å². The van der Waals surface area contributed by atoms with Gasteiger partial charge in [0.1, 0.15) is 4.33 Å². The van der Waals surface area contributed by atoms with Gasteiger partial charge in [0.15, 0.2) is 0 Å². The second-order valence-electron chi connectivity index (χ2n) is 4.22. The maximum absolute atomic E-state index is 11.8. The Morgan fingerprint density at radius 1 is 1.56 bits per heavy atom. The van der Waals surface area contributed by atoms with E-state index in [1.54, 1.807) is 13.1 Å². The van der Waals surface area contributed by atoms with Crippen LogP contribution in [0.5, 0.6) is 0 Å². The lowest BCUT2D eigenvalue weighted by Gasteiger charge is -2.12. The highest BCUT2D eigenvalue weighted by atomic mass is 35.5. The van der Waals surface area contributed by atoms with Crippen LogP contribution in [-0.4, -0.2) is 15.2 Å². The van der Waals surface area contributed by atoms with Gasteiger partial charge in [-0.05, 0) is 25.5 Å². The van der Waals surface area contributed by atoms with Crippen LogP contribution in [0.4, 0.5) is 0 Å². The molecule has 0 spiro atoms. The number of nitrogens with zero attached hydrogens (tertiary/aromatic N) is 1. The highest BCUT2D eigenvalue weighted by Gasteiger charge is 2.67. The Balaban J connectivity index is 1.91. The van der Waals surface area contributed by atoms with E-state index in [1.165, 1.54) is 0 Å². The van der Waals surface area contributed by atoms with Crippen molar-refractivity contribution in [3.05, 3.63) is 30.1 Å². The molecule has 1 amide bonds. The Labute approximate surface area is 104 Å². The smallest absolute Gasteiger partial charge is 0.229 e. The van der Waals surface area contributed by atoms with Gasteiger partial charge in [-0.2, -0.15) is 0 Å². The van der Waals surface area contributed by atoms with Crippen LogP contribution < -0.4 is 5.32 Å². The van der Waals surface area contributed by atoms with Crippen molar-refractivity contribution in [2.75, 3.05) is 0 Å². The molecule has 0 aliphatic heterocycles. The Morgan fingerprint density at radius 3 is 2.75 bits per heavy atom. The quantitative estimate of drug-likeness (QED) is 0.846. The van der Waals surface area contributed by atoms with E-state index in [0.717, 1.165) is 5.69 Å². The first-order chi connectivity index (χ1) is 7.46. The SMILES string of the molecule is C[C@]1(C(=O)NCc2ccccn2)CC1(Cl)Cl. The first kappa shape index (κ1) is 11.7. The maximum Gasteiger partial charge on any atom is 0.229 e. The molecule has 0 radical (unpaired) electrons. The zero-order valence-electron chi connectivity index (χ0n) is 8.84. The van der Waals surface area contributed by atoms with E-state index in [0.29, 0.717) is 13.0 Å². The van der Waals surface area contributed by atoms with Gasteiger partial charge in [0, 0.05) is 6.20 Å². The number of alkyl halides is 2. The predicted molar refractivity (Wildman–Crippen MR) is 63.2 cm³/mol. The fraction of sp³-hybridized carbons (Fsp3) is 0.455. The fourth-order valence-electron chi connectivity index (χ4n) is 1.51. The Morgan fingerprint density at radius 2 is 2.25 bits per heavy atom. The van der Waals surface area contributed by atoms with Crippen molar-refractivity contribution in [3.8, 4) is 0 Å². The first-order valence-corrected chi connectivity index (χ1v) is 5.77. The summed E-state index contributed by atoms with van der Waals surface area (Å²) >= 11 is 11.8. The summed E-state index contributed by atoms with van der Waals surface area (Å²) in [4.78, 5) is 15.9. The topological polar surface area (TPSA) is 42.0 Å². The van der Waals surface area contributed by atoms with E-state index in [9.17, 15) is 4.79 Å². The van der Waals surface area contributed by atoms with E-state index in [2.05, 4.69) is 10.3 Å². The molecule has 3 nitrogen and oxygen atoms in total. The van der Waals surface area contributed by atoms with Crippen molar-refractivity contribution >= 4 is 29.1 Å². The van der Waals surface area contributed by atoms with Gasteiger partial charge >= 0.3 is 0 Å². The van der Waals surface area contributed by atoms with Crippen molar-refractivity contribution < 1.29 is 4.79 Å². The van der Waals surface area contributed by atoms with Crippen LogP contribution >= 0.6 is 23.2 Å². The van der Waals surface area contributed by atoms with Crippen LogP contribution in [-0.2, 0) is 11.3 Å². The Kier molecular flexibility index (Phi) is 2.84. The minimum absolute atomic E-state index is 0.122. The molecule has 1 aliphatic rings. The number of carbonyl (C=O) groups is 1. The van der Waals surface area contributed by atoms with Crippen LogP contribution in [0.3, 0.4) is 0 Å². The number of hydrogen-bond acceptors (Lipinski definition) is 2. The number of nitrogens with one attached hydrogen (secondary N) is 1. The molecular weight excluding hydrogens is 247 g/mol. The summed E-state index contributed by atoms with van der Waals surface area (Å²) in [6, 6.07) is 5.56. The lowest BCUT2D eigenvalue weighted by atomic mass is 10.1. The van der Waals surface area contributed by atoms with Crippen LogP contribution in [0.2, 0.25) is 0 Å². The molecule has 1 N–H and O–H groups in total. The zero-order chi connectivity index (χ0) is 11.8. The number of amides is 1. The number of halogens is 2. The molecule has 16 heavy (non-hydrogen) atoms. The van der Waals surface area contributed by atoms with Crippen molar-refractivity contribution in [1.29, 1.82) is 0 Å². The van der Waals surface area contributed by atoms with Crippen LogP contribution in [0.15, 0.2) is 24.4 Å². The Bertz CT molecular complexity index is 408. The predicted octanol–water partition coefficient (Wildman–Crippen LogP) is 2.28. The molecule has 1 fully saturated rings. The molecule has 0 bridgehead atoms. The normalized spacial score (nSPS) is 26.2. The molecule has 86 valence electrons. The molecule has 1 aromatic heterocycles. The molecule has 1 aromatic rings. The lowest BCUT2D eigenvalue weighted by Crippen LogP contribution is -2.33. The number of pyridine rings is 1. The number of aromatic nitrogens is 1. The molecule has 0 unspecified atom stereocenters. The summed E-state index contributed by atoms with van der Waals surface area (Å²) in [5.41, 5.74) is 0.153. The molecule has 5 heteroatoms. The summed E-state index contributed by atoms with van der Waals surface area (Å²) in [6.45, 7) is 2.17. The summed E-state index contributed by atoms with van der Waals surface area (Å²) in [7, 11) is 0. The average Bonchev–Trinajstić information content (AvgIpc) is 2.78. The molecule has 0 aromatic carbocycles. The molecule has 1 saturated carbocycles. The van der Waals surface area contributed by atoms with Gasteiger partial charge in [-0.3, -0.25) is 9.78 Å². The highest BCUT2D eigenvalue weighted by molar-refractivity contribution is 6.53. The van der Waals surface area contributed by atoms with Gasteiger partial charge in [-0.15, -0.1) is 23.2 Å². The number of carbonyl (C=O) groups excluding carboxylic acids is 1. The molecule has 2 rings (SSSR count). The van der Waals surface area contributed by atoms with Gasteiger partial charge in [0.2, 0.25) is 5.91 Å².